The molecule has 0 aliphatic heterocycles. The lowest BCUT2D eigenvalue weighted by Gasteiger charge is -2.12. The molecule has 2 heteroatoms. The predicted molar refractivity (Wildman–Crippen MR) is 46.9 cm³/mol. The van der Waals surface area contributed by atoms with Gasteiger partial charge in [-0.05, 0) is 32.4 Å². The van der Waals surface area contributed by atoms with Gasteiger partial charge in [-0.25, -0.2) is 4.39 Å². The van der Waals surface area contributed by atoms with Crippen molar-refractivity contribution < 1.29 is 9.13 Å². The minimum atomic E-state index is -0.288. The van der Waals surface area contributed by atoms with Gasteiger partial charge in [-0.1, -0.05) is 12.1 Å². The number of hydrogen-bond acceptors (Lipinski definition) is 1. The zero-order chi connectivity index (χ0) is 9.14. The van der Waals surface area contributed by atoms with Crippen LogP contribution in [-0.4, -0.2) is 6.10 Å². The Morgan fingerprint density at radius 3 is 2.50 bits per heavy atom. The van der Waals surface area contributed by atoms with Crippen LogP contribution in [0.3, 0.4) is 0 Å². The van der Waals surface area contributed by atoms with Crippen LogP contribution in [0.1, 0.15) is 19.4 Å². The lowest BCUT2D eigenvalue weighted by atomic mass is 10.2. The smallest absolute Gasteiger partial charge is 0.165 e. The van der Waals surface area contributed by atoms with Crippen molar-refractivity contribution in [2.45, 2.75) is 26.9 Å². The average molecular weight is 168 g/mol. The third-order valence-electron chi connectivity index (χ3n) is 1.52. The summed E-state index contributed by atoms with van der Waals surface area (Å²) in [7, 11) is 0. The van der Waals surface area contributed by atoms with Crippen molar-refractivity contribution >= 4 is 0 Å². The van der Waals surface area contributed by atoms with Crippen molar-refractivity contribution in [2.24, 2.45) is 0 Å². The van der Waals surface area contributed by atoms with Gasteiger partial charge in [-0.3, -0.25) is 0 Å². The van der Waals surface area contributed by atoms with Gasteiger partial charge >= 0.3 is 0 Å². The molecule has 0 bridgehead atoms. The Hall–Kier alpha value is -1.05. The third-order valence-corrected chi connectivity index (χ3v) is 1.52. The van der Waals surface area contributed by atoms with E-state index in [1.165, 1.54) is 6.07 Å². The fourth-order valence-electron chi connectivity index (χ4n) is 1.00. The number of hydrogen-bond donors (Lipinski definition) is 0. The molecule has 1 rings (SSSR count). The molecule has 0 heterocycles. The van der Waals surface area contributed by atoms with Gasteiger partial charge in [0.15, 0.2) is 11.6 Å². The molecule has 0 spiro atoms. The van der Waals surface area contributed by atoms with Crippen molar-refractivity contribution in [1.82, 2.24) is 0 Å². The van der Waals surface area contributed by atoms with Gasteiger partial charge in [0.1, 0.15) is 0 Å². The number of aryl methyl sites for hydroxylation is 1. The third kappa shape index (κ3) is 1.97. The second kappa shape index (κ2) is 3.57. The van der Waals surface area contributed by atoms with Crippen molar-refractivity contribution in [3.63, 3.8) is 0 Å². The number of rotatable bonds is 2. The SMILES string of the molecule is Cc1cccc(F)c1OC(C)C. The Balaban J connectivity index is 2.96. The quantitative estimate of drug-likeness (QED) is 0.659. The van der Waals surface area contributed by atoms with Crippen molar-refractivity contribution in [3.05, 3.63) is 29.6 Å². The molecule has 0 saturated heterocycles. The first kappa shape index (κ1) is 9.04. The van der Waals surface area contributed by atoms with E-state index in [-0.39, 0.29) is 11.9 Å². The van der Waals surface area contributed by atoms with Crippen LogP contribution in [0.4, 0.5) is 4.39 Å². The van der Waals surface area contributed by atoms with Gasteiger partial charge in [-0.15, -0.1) is 0 Å². The number of benzene rings is 1. The van der Waals surface area contributed by atoms with Crippen LogP contribution >= 0.6 is 0 Å². The van der Waals surface area contributed by atoms with E-state index in [0.717, 1.165) is 5.56 Å². The largest absolute Gasteiger partial charge is 0.488 e. The highest BCUT2D eigenvalue weighted by molar-refractivity contribution is 5.33. The second-order valence-corrected chi connectivity index (χ2v) is 3.05. The van der Waals surface area contributed by atoms with Gasteiger partial charge < -0.3 is 4.74 Å². The van der Waals surface area contributed by atoms with Crippen molar-refractivity contribution in [2.75, 3.05) is 0 Å². The molecule has 0 aliphatic carbocycles. The molecular weight excluding hydrogens is 155 g/mol. The van der Waals surface area contributed by atoms with Crippen molar-refractivity contribution in [3.8, 4) is 5.75 Å². The van der Waals surface area contributed by atoms with Gasteiger partial charge in [0, 0.05) is 0 Å². The Morgan fingerprint density at radius 2 is 2.00 bits per heavy atom. The molecule has 0 aliphatic rings. The highest BCUT2D eigenvalue weighted by Gasteiger charge is 2.07. The van der Waals surface area contributed by atoms with Crippen LogP contribution in [0.5, 0.6) is 5.75 Å². The van der Waals surface area contributed by atoms with Gasteiger partial charge in [-0.2, -0.15) is 0 Å². The van der Waals surface area contributed by atoms with Crippen LogP contribution in [0, 0.1) is 12.7 Å². The number of para-hydroxylation sites is 1. The maximum Gasteiger partial charge on any atom is 0.165 e. The molecule has 0 aromatic heterocycles. The summed E-state index contributed by atoms with van der Waals surface area (Å²) in [6.07, 6.45) is 0.0144. The molecule has 0 amide bonds. The van der Waals surface area contributed by atoms with E-state index < -0.39 is 0 Å². The second-order valence-electron chi connectivity index (χ2n) is 3.05. The van der Waals surface area contributed by atoms with Crippen LogP contribution in [0.2, 0.25) is 0 Å². The maximum absolute atomic E-state index is 13.1. The molecule has 66 valence electrons. The Kier molecular flexibility index (Phi) is 2.69. The molecule has 0 N–H and O–H groups in total. The standard InChI is InChI=1S/C10H13FO/c1-7(2)12-10-8(3)5-4-6-9(10)11/h4-7H,1-3H3. The first-order valence-electron chi connectivity index (χ1n) is 4.03. The monoisotopic (exact) mass is 168 g/mol. The van der Waals surface area contributed by atoms with Gasteiger partial charge in [0.25, 0.3) is 0 Å². The lowest BCUT2D eigenvalue weighted by Crippen LogP contribution is -2.08. The molecule has 1 aromatic rings. The first-order valence-corrected chi connectivity index (χ1v) is 4.03. The Bertz CT molecular complexity index is 248. The summed E-state index contributed by atoms with van der Waals surface area (Å²) in [5.41, 5.74) is 0.837. The topological polar surface area (TPSA) is 9.23 Å². The molecule has 0 unspecified atom stereocenters. The summed E-state index contributed by atoms with van der Waals surface area (Å²) in [5, 5.41) is 0. The molecule has 0 saturated carbocycles. The summed E-state index contributed by atoms with van der Waals surface area (Å²) in [6, 6.07) is 4.92. The van der Waals surface area contributed by atoms with Crippen LogP contribution < -0.4 is 4.74 Å². The zero-order valence-corrected chi connectivity index (χ0v) is 7.60. The van der Waals surface area contributed by atoms with E-state index in [1.807, 2.05) is 26.8 Å². The van der Waals surface area contributed by atoms with E-state index in [1.54, 1.807) is 6.07 Å². The predicted octanol–water partition coefficient (Wildman–Crippen LogP) is 2.92. The minimum Gasteiger partial charge on any atom is -0.488 e. The molecule has 1 nitrogen and oxygen atoms in total. The van der Waals surface area contributed by atoms with Crippen LogP contribution in [0.25, 0.3) is 0 Å². The normalized spacial score (nSPS) is 10.4. The van der Waals surface area contributed by atoms with E-state index in [2.05, 4.69) is 0 Å². The molecule has 12 heavy (non-hydrogen) atoms. The molecular formula is C10H13FO. The zero-order valence-electron chi connectivity index (χ0n) is 7.60. The molecule has 0 fully saturated rings. The molecule has 0 atom stereocenters. The fraction of sp³-hybridized carbons (Fsp3) is 0.400. The first-order chi connectivity index (χ1) is 5.61. The lowest BCUT2D eigenvalue weighted by molar-refractivity contribution is 0.229. The van der Waals surface area contributed by atoms with E-state index in [9.17, 15) is 4.39 Å². The van der Waals surface area contributed by atoms with E-state index >= 15 is 0 Å². The number of ether oxygens (including phenoxy) is 1. The van der Waals surface area contributed by atoms with Crippen molar-refractivity contribution in [1.29, 1.82) is 0 Å². The Labute approximate surface area is 72.2 Å². The average Bonchev–Trinajstić information content (AvgIpc) is 1.97. The van der Waals surface area contributed by atoms with Gasteiger partial charge in [0.05, 0.1) is 6.10 Å². The van der Waals surface area contributed by atoms with Gasteiger partial charge in [0.2, 0.25) is 0 Å². The summed E-state index contributed by atoms with van der Waals surface area (Å²) >= 11 is 0. The fourth-order valence-corrected chi connectivity index (χ4v) is 1.00. The summed E-state index contributed by atoms with van der Waals surface area (Å²) in [5.74, 6) is 0.0798. The highest BCUT2D eigenvalue weighted by atomic mass is 19.1. The minimum absolute atomic E-state index is 0.0144. The molecule has 0 radical (unpaired) electrons. The van der Waals surface area contributed by atoms with Crippen LogP contribution in [-0.2, 0) is 0 Å². The van der Waals surface area contributed by atoms with Crippen LogP contribution in [0.15, 0.2) is 18.2 Å². The molecule has 1 aromatic carbocycles. The highest BCUT2D eigenvalue weighted by Crippen LogP contribution is 2.22. The summed E-state index contributed by atoms with van der Waals surface area (Å²) in [4.78, 5) is 0. The number of halogens is 1. The maximum atomic E-state index is 13.1. The summed E-state index contributed by atoms with van der Waals surface area (Å²) < 4.78 is 18.4. The van der Waals surface area contributed by atoms with E-state index in [4.69, 9.17) is 4.74 Å². The van der Waals surface area contributed by atoms with E-state index in [0.29, 0.717) is 5.75 Å². The summed E-state index contributed by atoms with van der Waals surface area (Å²) in [6.45, 7) is 5.60. The Morgan fingerprint density at radius 1 is 1.33 bits per heavy atom.